The van der Waals surface area contributed by atoms with E-state index in [1.54, 1.807) is 12.3 Å². The molecule has 2 heterocycles. The normalized spacial score (nSPS) is 16.8. The highest BCUT2D eigenvalue weighted by atomic mass is 16.4. The minimum atomic E-state index is -0.731. The second-order valence-electron chi connectivity index (χ2n) is 3.01. The van der Waals surface area contributed by atoms with Gasteiger partial charge in [0.15, 0.2) is 0 Å². The molecule has 0 amide bonds. The molecule has 5 heteroatoms. The predicted octanol–water partition coefficient (Wildman–Crippen LogP) is -0.00260. The molecule has 1 aromatic rings. The lowest BCUT2D eigenvalue weighted by atomic mass is 10.0. The zero-order valence-electron chi connectivity index (χ0n) is 6.92. The van der Waals surface area contributed by atoms with Gasteiger partial charge in [-0.2, -0.15) is 0 Å². The number of rotatable bonds is 2. The fourth-order valence-corrected chi connectivity index (χ4v) is 1.29. The first-order chi connectivity index (χ1) is 6.27. The van der Waals surface area contributed by atoms with E-state index in [-0.39, 0.29) is 5.92 Å². The second-order valence-corrected chi connectivity index (χ2v) is 3.01. The van der Waals surface area contributed by atoms with Gasteiger partial charge in [-0.25, -0.2) is 9.97 Å². The fourth-order valence-electron chi connectivity index (χ4n) is 1.29. The number of nitrogens with zero attached hydrogens (tertiary/aromatic N) is 3. The van der Waals surface area contributed by atoms with Gasteiger partial charge in [0.2, 0.25) is 0 Å². The van der Waals surface area contributed by atoms with Crippen LogP contribution in [0.2, 0.25) is 0 Å². The molecule has 5 nitrogen and oxygen atoms in total. The lowest BCUT2D eigenvalue weighted by Crippen LogP contribution is -2.50. The van der Waals surface area contributed by atoms with E-state index < -0.39 is 5.97 Å². The van der Waals surface area contributed by atoms with Crippen molar-refractivity contribution in [2.75, 3.05) is 18.0 Å². The van der Waals surface area contributed by atoms with Crippen LogP contribution in [0.15, 0.2) is 18.6 Å². The van der Waals surface area contributed by atoms with Gasteiger partial charge >= 0.3 is 5.97 Å². The van der Waals surface area contributed by atoms with Crippen molar-refractivity contribution >= 4 is 11.8 Å². The Bertz CT molecular complexity index is 308. The molecule has 13 heavy (non-hydrogen) atoms. The first-order valence-electron chi connectivity index (χ1n) is 4.01. The third-order valence-corrected chi connectivity index (χ3v) is 2.12. The average molecular weight is 179 g/mol. The van der Waals surface area contributed by atoms with Crippen LogP contribution in [-0.2, 0) is 4.79 Å². The predicted molar refractivity (Wildman–Crippen MR) is 45.4 cm³/mol. The third kappa shape index (κ3) is 1.44. The van der Waals surface area contributed by atoms with Crippen molar-refractivity contribution in [3.05, 3.63) is 18.6 Å². The number of aromatic nitrogens is 2. The largest absolute Gasteiger partial charge is 0.481 e. The maximum Gasteiger partial charge on any atom is 0.310 e. The van der Waals surface area contributed by atoms with Gasteiger partial charge in [0.05, 0.1) is 5.92 Å². The standard InChI is InChI=1S/C8H9N3O2/c12-8(13)6-3-11(4-6)7-1-2-9-5-10-7/h1-2,5-6H,3-4H2,(H,12,13). The molecule has 1 aliphatic rings. The van der Waals surface area contributed by atoms with E-state index in [0.717, 1.165) is 5.82 Å². The van der Waals surface area contributed by atoms with E-state index >= 15 is 0 Å². The number of hydrogen-bond donors (Lipinski definition) is 1. The van der Waals surface area contributed by atoms with Gasteiger partial charge in [0.25, 0.3) is 0 Å². The Kier molecular flexibility index (Phi) is 1.84. The van der Waals surface area contributed by atoms with Crippen LogP contribution in [0.3, 0.4) is 0 Å². The summed E-state index contributed by atoms with van der Waals surface area (Å²) in [5.74, 6) is -0.173. The highest BCUT2D eigenvalue weighted by Gasteiger charge is 2.32. The molecule has 0 aliphatic carbocycles. The molecule has 0 spiro atoms. The van der Waals surface area contributed by atoms with E-state index in [1.807, 2.05) is 4.90 Å². The number of carboxylic acids is 1. The first-order valence-corrected chi connectivity index (χ1v) is 4.01. The van der Waals surface area contributed by atoms with Gasteiger partial charge in [-0.15, -0.1) is 0 Å². The van der Waals surface area contributed by atoms with Gasteiger partial charge in [0.1, 0.15) is 12.1 Å². The quantitative estimate of drug-likeness (QED) is 0.692. The molecule has 2 rings (SSSR count). The highest BCUT2D eigenvalue weighted by molar-refractivity contribution is 5.74. The Balaban J connectivity index is 1.98. The van der Waals surface area contributed by atoms with Gasteiger partial charge in [0, 0.05) is 19.3 Å². The summed E-state index contributed by atoms with van der Waals surface area (Å²) in [6.07, 6.45) is 3.11. The van der Waals surface area contributed by atoms with E-state index in [4.69, 9.17) is 5.11 Å². The number of anilines is 1. The van der Waals surface area contributed by atoms with Crippen LogP contribution in [0, 0.1) is 5.92 Å². The summed E-state index contributed by atoms with van der Waals surface area (Å²) in [5.41, 5.74) is 0. The summed E-state index contributed by atoms with van der Waals surface area (Å²) in [6, 6.07) is 1.78. The minimum absolute atomic E-state index is 0.241. The molecule has 0 bridgehead atoms. The van der Waals surface area contributed by atoms with Crippen molar-refractivity contribution in [3.8, 4) is 0 Å². The maximum absolute atomic E-state index is 10.5. The van der Waals surface area contributed by atoms with Gasteiger partial charge < -0.3 is 10.0 Å². The van der Waals surface area contributed by atoms with Gasteiger partial charge in [-0.1, -0.05) is 0 Å². The molecule has 1 aromatic heterocycles. The lowest BCUT2D eigenvalue weighted by molar-refractivity contribution is -0.142. The molecule has 0 radical (unpaired) electrons. The molecule has 0 saturated carbocycles. The third-order valence-electron chi connectivity index (χ3n) is 2.12. The topological polar surface area (TPSA) is 66.3 Å². The molecule has 0 atom stereocenters. The van der Waals surface area contributed by atoms with Crippen LogP contribution in [0.1, 0.15) is 0 Å². The Hall–Kier alpha value is -1.65. The van der Waals surface area contributed by atoms with Gasteiger partial charge in [-0.3, -0.25) is 4.79 Å². The second kappa shape index (κ2) is 3.01. The van der Waals surface area contributed by atoms with Crippen molar-refractivity contribution < 1.29 is 9.90 Å². The van der Waals surface area contributed by atoms with Crippen LogP contribution in [0.25, 0.3) is 0 Å². The van der Waals surface area contributed by atoms with E-state index in [9.17, 15) is 4.79 Å². The molecule has 1 fully saturated rings. The van der Waals surface area contributed by atoms with Crippen LogP contribution >= 0.6 is 0 Å². The summed E-state index contributed by atoms with van der Waals surface area (Å²) >= 11 is 0. The summed E-state index contributed by atoms with van der Waals surface area (Å²) in [5, 5.41) is 8.64. The van der Waals surface area contributed by atoms with Crippen molar-refractivity contribution in [2.24, 2.45) is 5.92 Å². The van der Waals surface area contributed by atoms with E-state index in [1.165, 1.54) is 6.33 Å². The maximum atomic E-state index is 10.5. The molecule has 1 aliphatic heterocycles. The Morgan fingerprint density at radius 3 is 2.92 bits per heavy atom. The Labute approximate surface area is 75.0 Å². The summed E-state index contributed by atoms with van der Waals surface area (Å²) in [7, 11) is 0. The molecule has 1 saturated heterocycles. The SMILES string of the molecule is O=C(O)C1CN(c2ccncn2)C1. The molecule has 0 aromatic carbocycles. The minimum Gasteiger partial charge on any atom is -0.481 e. The molecule has 1 N–H and O–H groups in total. The molecular weight excluding hydrogens is 170 g/mol. The molecule has 0 unspecified atom stereocenters. The van der Waals surface area contributed by atoms with Crippen LogP contribution in [-0.4, -0.2) is 34.1 Å². The zero-order valence-corrected chi connectivity index (χ0v) is 6.92. The summed E-state index contributed by atoms with van der Waals surface area (Å²) in [6.45, 7) is 1.10. The number of carbonyl (C=O) groups is 1. The van der Waals surface area contributed by atoms with Crippen molar-refractivity contribution in [2.45, 2.75) is 0 Å². The zero-order chi connectivity index (χ0) is 9.26. The van der Waals surface area contributed by atoms with Crippen molar-refractivity contribution in [3.63, 3.8) is 0 Å². The van der Waals surface area contributed by atoms with Crippen molar-refractivity contribution in [1.82, 2.24) is 9.97 Å². The van der Waals surface area contributed by atoms with Crippen LogP contribution < -0.4 is 4.90 Å². The highest BCUT2D eigenvalue weighted by Crippen LogP contribution is 2.21. The van der Waals surface area contributed by atoms with Gasteiger partial charge in [-0.05, 0) is 6.07 Å². The first kappa shape index (κ1) is 7.97. The van der Waals surface area contributed by atoms with Crippen molar-refractivity contribution in [1.29, 1.82) is 0 Å². The smallest absolute Gasteiger partial charge is 0.310 e. The van der Waals surface area contributed by atoms with Crippen LogP contribution in [0.5, 0.6) is 0 Å². The number of aliphatic carboxylic acids is 1. The van der Waals surface area contributed by atoms with E-state index in [0.29, 0.717) is 13.1 Å². The molecular formula is C8H9N3O2. The van der Waals surface area contributed by atoms with Crippen LogP contribution in [0.4, 0.5) is 5.82 Å². The van der Waals surface area contributed by atoms with E-state index in [2.05, 4.69) is 9.97 Å². The fraction of sp³-hybridized carbons (Fsp3) is 0.375. The average Bonchev–Trinajstić information content (AvgIpc) is 2.02. The summed E-state index contributed by atoms with van der Waals surface area (Å²) in [4.78, 5) is 20.2. The monoisotopic (exact) mass is 179 g/mol. The Morgan fingerprint density at radius 1 is 1.62 bits per heavy atom. The summed E-state index contributed by atoms with van der Waals surface area (Å²) < 4.78 is 0. The number of carboxylic acid groups (broad SMARTS) is 1. The lowest BCUT2D eigenvalue weighted by Gasteiger charge is -2.37. The Morgan fingerprint density at radius 2 is 2.38 bits per heavy atom. The molecule has 68 valence electrons. The number of hydrogen-bond acceptors (Lipinski definition) is 4.